The molecule has 0 N–H and O–H groups in total. The first-order valence-electron chi connectivity index (χ1n) is 9.60. The highest BCUT2D eigenvalue weighted by molar-refractivity contribution is 7.00. The molecule has 3 aliphatic rings. The average Bonchev–Trinajstić information content (AvgIpc) is 2.75. The van der Waals surface area contributed by atoms with E-state index in [1.807, 2.05) is 42.5 Å². The van der Waals surface area contributed by atoms with Gasteiger partial charge in [0.15, 0.2) is 0 Å². The minimum atomic E-state index is -0.251. The molecular weight excluding hydrogens is 364 g/mol. The summed E-state index contributed by atoms with van der Waals surface area (Å²) in [6.45, 7) is 0.0535. The van der Waals surface area contributed by atoms with Gasteiger partial charge in [0.25, 0.3) is 6.71 Å². The number of rotatable bonds is 1. The SMILES string of the molecule is Fc1ccc(N2c3cccc4c3B3c5c(cccc5Oc5cccc2c53)O4)cc1. The summed E-state index contributed by atoms with van der Waals surface area (Å²) in [6.07, 6.45) is 0. The number of anilines is 3. The minimum Gasteiger partial charge on any atom is -0.458 e. The lowest BCUT2D eigenvalue weighted by Crippen LogP contribution is -2.61. The Balaban J connectivity index is 1.60. The van der Waals surface area contributed by atoms with Crippen LogP contribution in [0.3, 0.4) is 0 Å². The molecule has 4 aromatic carbocycles. The van der Waals surface area contributed by atoms with E-state index in [0.717, 1.165) is 56.4 Å². The van der Waals surface area contributed by atoms with Gasteiger partial charge in [0, 0.05) is 22.5 Å². The second-order valence-corrected chi connectivity index (χ2v) is 7.49. The van der Waals surface area contributed by atoms with E-state index in [0.29, 0.717) is 0 Å². The predicted molar refractivity (Wildman–Crippen MR) is 112 cm³/mol. The standard InChI is InChI=1S/C24H13BFNO2/c26-14-10-12-15(13-11-14)27-16-4-1-6-18-22(16)25-23-17(27)5-2-7-19(23)29-21-9-3-8-20(28-18)24(21)25/h1-13H. The van der Waals surface area contributed by atoms with E-state index < -0.39 is 0 Å². The van der Waals surface area contributed by atoms with Gasteiger partial charge in [0.2, 0.25) is 0 Å². The van der Waals surface area contributed by atoms with Crippen molar-refractivity contribution >= 4 is 40.2 Å². The Bertz CT molecular complexity index is 1260. The van der Waals surface area contributed by atoms with Gasteiger partial charge in [0.1, 0.15) is 28.8 Å². The van der Waals surface area contributed by atoms with E-state index in [1.165, 1.54) is 12.1 Å². The molecule has 3 nitrogen and oxygen atoms in total. The van der Waals surface area contributed by atoms with Crippen LogP contribution >= 0.6 is 0 Å². The third-order valence-corrected chi connectivity index (χ3v) is 5.98. The van der Waals surface area contributed by atoms with Crippen molar-refractivity contribution in [2.45, 2.75) is 0 Å². The number of ether oxygens (including phenoxy) is 2. The molecule has 0 fully saturated rings. The molecule has 0 unspecified atom stereocenters. The van der Waals surface area contributed by atoms with Gasteiger partial charge in [-0.2, -0.15) is 0 Å². The number of benzene rings is 4. The molecular formula is C24H13BFNO2. The third kappa shape index (κ3) is 1.87. The highest BCUT2D eigenvalue weighted by Crippen LogP contribution is 2.44. The number of hydrogen-bond acceptors (Lipinski definition) is 3. The van der Waals surface area contributed by atoms with Gasteiger partial charge >= 0.3 is 0 Å². The molecule has 5 heteroatoms. The van der Waals surface area contributed by atoms with Gasteiger partial charge < -0.3 is 14.4 Å². The van der Waals surface area contributed by atoms with Crippen LogP contribution in [0.15, 0.2) is 78.9 Å². The Morgan fingerprint density at radius 2 is 1.07 bits per heavy atom. The third-order valence-electron chi connectivity index (χ3n) is 5.98. The summed E-state index contributed by atoms with van der Waals surface area (Å²) in [5, 5.41) is 0. The normalized spacial score (nSPS) is 14.1. The predicted octanol–water partition coefficient (Wildman–Crippen LogP) is 4.34. The van der Waals surface area contributed by atoms with Crippen LogP contribution in [0, 0.1) is 5.82 Å². The van der Waals surface area contributed by atoms with Gasteiger partial charge in [-0.05, 0) is 71.6 Å². The molecule has 3 heterocycles. The van der Waals surface area contributed by atoms with E-state index in [-0.39, 0.29) is 12.5 Å². The zero-order chi connectivity index (χ0) is 19.1. The smallest absolute Gasteiger partial charge is 0.266 e. The van der Waals surface area contributed by atoms with Gasteiger partial charge in [0.05, 0.1) is 0 Å². The lowest BCUT2D eigenvalue weighted by atomic mass is 9.33. The quantitative estimate of drug-likeness (QED) is 0.398. The van der Waals surface area contributed by atoms with Crippen molar-refractivity contribution in [3.05, 3.63) is 84.7 Å². The van der Waals surface area contributed by atoms with Crippen molar-refractivity contribution in [3.63, 3.8) is 0 Å². The Morgan fingerprint density at radius 3 is 1.62 bits per heavy atom. The van der Waals surface area contributed by atoms with Crippen LogP contribution in [-0.4, -0.2) is 6.71 Å². The number of halogens is 1. The summed E-state index contributed by atoms with van der Waals surface area (Å²) in [4.78, 5) is 2.17. The summed E-state index contributed by atoms with van der Waals surface area (Å²) >= 11 is 0. The van der Waals surface area contributed by atoms with Crippen LogP contribution in [0.2, 0.25) is 0 Å². The maximum Gasteiger partial charge on any atom is 0.266 e. The summed E-state index contributed by atoms with van der Waals surface area (Å²) < 4.78 is 26.2. The Hall–Kier alpha value is -3.73. The molecule has 7 rings (SSSR count). The van der Waals surface area contributed by atoms with Crippen LogP contribution in [0.5, 0.6) is 23.0 Å². The second kappa shape index (κ2) is 5.20. The molecule has 0 atom stereocenters. The molecule has 0 spiro atoms. The van der Waals surface area contributed by atoms with Gasteiger partial charge in [-0.15, -0.1) is 0 Å². The van der Waals surface area contributed by atoms with Gasteiger partial charge in [-0.25, -0.2) is 4.39 Å². The molecule has 0 bridgehead atoms. The molecule has 4 aromatic rings. The van der Waals surface area contributed by atoms with Gasteiger partial charge in [-0.1, -0.05) is 18.2 Å². The zero-order valence-electron chi connectivity index (χ0n) is 15.2. The molecule has 136 valence electrons. The second-order valence-electron chi connectivity index (χ2n) is 7.49. The average molecular weight is 377 g/mol. The molecule has 0 saturated carbocycles. The molecule has 0 aliphatic carbocycles. The molecule has 0 aromatic heterocycles. The fourth-order valence-electron chi connectivity index (χ4n) is 4.87. The topological polar surface area (TPSA) is 21.7 Å². The molecule has 29 heavy (non-hydrogen) atoms. The highest BCUT2D eigenvalue weighted by Gasteiger charge is 2.46. The highest BCUT2D eigenvalue weighted by atomic mass is 19.1. The minimum absolute atomic E-state index is 0.0535. The first-order chi connectivity index (χ1) is 14.3. The van der Waals surface area contributed by atoms with E-state index >= 15 is 0 Å². The summed E-state index contributed by atoms with van der Waals surface area (Å²) in [5.41, 5.74) is 6.32. The van der Waals surface area contributed by atoms with E-state index in [2.05, 4.69) is 17.0 Å². The first-order valence-corrected chi connectivity index (χ1v) is 9.60. The Kier molecular flexibility index (Phi) is 2.73. The van der Waals surface area contributed by atoms with Crippen molar-refractivity contribution < 1.29 is 13.9 Å². The molecule has 3 aliphatic heterocycles. The molecule has 0 saturated heterocycles. The van der Waals surface area contributed by atoms with Gasteiger partial charge in [-0.3, -0.25) is 0 Å². The van der Waals surface area contributed by atoms with Crippen LogP contribution in [0.4, 0.5) is 21.5 Å². The summed E-state index contributed by atoms with van der Waals surface area (Å²) in [7, 11) is 0. The first kappa shape index (κ1) is 15.2. The monoisotopic (exact) mass is 377 g/mol. The fourth-order valence-corrected chi connectivity index (χ4v) is 4.87. The lowest BCUT2D eigenvalue weighted by Gasteiger charge is -2.42. The fraction of sp³-hybridized carbons (Fsp3) is 0. The number of nitrogens with zero attached hydrogens (tertiary/aromatic N) is 1. The maximum atomic E-state index is 13.6. The lowest BCUT2D eigenvalue weighted by molar-refractivity contribution is 0.464. The maximum absolute atomic E-state index is 13.6. The molecule has 0 radical (unpaired) electrons. The van der Waals surface area contributed by atoms with Crippen LogP contribution in [-0.2, 0) is 0 Å². The Morgan fingerprint density at radius 1 is 0.586 bits per heavy atom. The van der Waals surface area contributed by atoms with E-state index in [1.54, 1.807) is 12.1 Å². The van der Waals surface area contributed by atoms with Crippen molar-refractivity contribution in [1.82, 2.24) is 0 Å². The zero-order valence-corrected chi connectivity index (χ0v) is 15.2. The summed E-state index contributed by atoms with van der Waals surface area (Å²) in [6, 6.07) is 24.8. The number of hydrogen-bond donors (Lipinski definition) is 0. The van der Waals surface area contributed by atoms with E-state index in [4.69, 9.17) is 9.47 Å². The largest absolute Gasteiger partial charge is 0.458 e. The summed E-state index contributed by atoms with van der Waals surface area (Å²) in [5.74, 6) is 3.14. The van der Waals surface area contributed by atoms with Crippen LogP contribution < -0.4 is 30.8 Å². The van der Waals surface area contributed by atoms with Crippen molar-refractivity contribution in [1.29, 1.82) is 0 Å². The van der Waals surface area contributed by atoms with Crippen molar-refractivity contribution in [2.75, 3.05) is 4.90 Å². The Labute approximate surface area is 167 Å². The molecule has 0 amide bonds. The van der Waals surface area contributed by atoms with E-state index in [9.17, 15) is 4.39 Å². The van der Waals surface area contributed by atoms with Crippen LogP contribution in [0.1, 0.15) is 0 Å². The van der Waals surface area contributed by atoms with Crippen molar-refractivity contribution in [2.24, 2.45) is 0 Å². The van der Waals surface area contributed by atoms with Crippen molar-refractivity contribution in [3.8, 4) is 23.0 Å². The van der Waals surface area contributed by atoms with Crippen LogP contribution in [0.25, 0.3) is 0 Å².